The van der Waals surface area contributed by atoms with Crippen LogP contribution in [0.2, 0.25) is 0 Å². The fourth-order valence-electron chi connectivity index (χ4n) is 2.98. The first-order valence-corrected chi connectivity index (χ1v) is 10.1. The second-order valence-corrected chi connectivity index (χ2v) is 9.38. The standard InChI is InChI=1S/C20H25NO3S/c1-20(2,3)19-12-8-7-9-16(19)15-25(22,23)21(13-18-14-24-18)17-10-5-4-6-11-17/h4-12,18H,13-15H2,1-3H3. The minimum atomic E-state index is -3.51. The predicted octanol–water partition coefficient (Wildman–Crippen LogP) is 3.72. The van der Waals surface area contributed by atoms with Gasteiger partial charge in [0.1, 0.15) is 0 Å². The Morgan fingerprint density at radius 3 is 2.24 bits per heavy atom. The minimum absolute atomic E-state index is 0.00663. The van der Waals surface area contributed by atoms with E-state index in [1.165, 1.54) is 4.31 Å². The number of epoxide rings is 1. The zero-order valence-corrected chi connectivity index (χ0v) is 15.8. The lowest BCUT2D eigenvalue weighted by atomic mass is 9.84. The summed E-state index contributed by atoms with van der Waals surface area (Å²) < 4.78 is 33.2. The smallest absolute Gasteiger partial charge is 0.239 e. The van der Waals surface area contributed by atoms with Gasteiger partial charge in [-0.15, -0.1) is 0 Å². The van der Waals surface area contributed by atoms with Crippen LogP contribution in [-0.4, -0.2) is 27.7 Å². The van der Waals surface area contributed by atoms with Crippen molar-refractivity contribution >= 4 is 15.7 Å². The monoisotopic (exact) mass is 359 g/mol. The van der Waals surface area contributed by atoms with Gasteiger partial charge in [-0.1, -0.05) is 63.2 Å². The molecule has 0 aromatic heterocycles. The van der Waals surface area contributed by atoms with E-state index in [4.69, 9.17) is 4.74 Å². The number of ether oxygens (including phenoxy) is 1. The molecule has 1 aliphatic heterocycles. The van der Waals surface area contributed by atoms with Gasteiger partial charge >= 0.3 is 0 Å². The summed E-state index contributed by atoms with van der Waals surface area (Å²) in [6, 6.07) is 17.0. The maximum absolute atomic E-state index is 13.2. The summed E-state index contributed by atoms with van der Waals surface area (Å²) in [7, 11) is -3.51. The molecule has 0 aliphatic carbocycles. The number of hydrogen-bond donors (Lipinski definition) is 0. The van der Waals surface area contributed by atoms with E-state index < -0.39 is 10.0 Å². The maximum atomic E-state index is 13.2. The van der Waals surface area contributed by atoms with E-state index in [9.17, 15) is 8.42 Å². The summed E-state index contributed by atoms with van der Waals surface area (Å²) in [6.45, 7) is 7.30. The molecule has 0 N–H and O–H groups in total. The van der Waals surface area contributed by atoms with E-state index in [0.29, 0.717) is 18.8 Å². The Balaban J connectivity index is 1.94. The summed E-state index contributed by atoms with van der Waals surface area (Å²) >= 11 is 0. The van der Waals surface area contributed by atoms with Crippen LogP contribution in [0.15, 0.2) is 54.6 Å². The van der Waals surface area contributed by atoms with Crippen LogP contribution in [-0.2, 0) is 25.9 Å². The number of para-hydroxylation sites is 1. The van der Waals surface area contributed by atoms with Crippen molar-refractivity contribution in [2.45, 2.75) is 38.0 Å². The van der Waals surface area contributed by atoms with Crippen molar-refractivity contribution in [1.82, 2.24) is 0 Å². The molecule has 2 aromatic carbocycles. The van der Waals surface area contributed by atoms with Gasteiger partial charge in [0.15, 0.2) is 0 Å². The molecule has 0 spiro atoms. The highest BCUT2D eigenvalue weighted by atomic mass is 32.2. The Kier molecular flexibility index (Phi) is 4.89. The fraction of sp³-hybridized carbons (Fsp3) is 0.400. The zero-order valence-electron chi connectivity index (χ0n) is 15.0. The van der Waals surface area contributed by atoms with E-state index in [1.54, 1.807) is 0 Å². The van der Waals surface area contributed by atoms with Gasteiger partial charge in [0.05, 0.1) is 30.7 Å². The van der Waals surface area contributed by atoms with Gasteiger partial charge in [-0.05, 0) is 28.7 Å². The Hall–Kier alpha value is -1.85. The number of hydrogen-bond acceptors (Lipinski definition) is 3. The van der Waals surface area contributed by atoms with Gasteiger partial charge in [0, 0.05) is 0 Å². The molecule has 1 fully saturated rings. The molecule has 1 atom stereocenters. The van der Waals surface area contributed by atoms with Crippen molar-refractivity contribution in [1.29, 1.82) is 0 Å². The highest BCUT2D eigenvalue weighted by Crippen LogP contribution is 2.29. The second kappa shape index (κ2) is 6.81. The van der Waals surface area contributed by atoms with Gasteiger partial charge in [0.2, 0.25) is 10.0 Å². The van der Waals surface area contributed by atoms with Gasteiger partial charge in [-0.3, -0.25) is 4.31 Å². The fourth-order valence-corrected chi connectivity index (χ4v) is 4.62. The van der Waals surface area contributed by atoms with E-state index in [1.807, 2.05) is 54.6 Å². The van der Waals surface area contributed by atoms with Crippen LogP contribution in [0.3, 0.4) is 0 Å². The molecule has 1 saturated heterocycles. The van der Waals surface area contributed by atoms with E-state index in [2.05, 4.69) is 20.8 Å². The van der Waals surface area contributed by atoms with Crippen LogP contribution in [0.4, 0.5) is 5.69 Å². The second-order valence-electron chi connectivity index (χ2n) is 7.49. The van der Waals surface area contributed by atoms with Gasteiger partial charge < -0.3 is 4.74 Å². The Morgan fingerprint density at radius 2 is 1.64 bits per heavy atom. The predicted molar refractivity (Wildman–Crippen MR) is 101 cm³/mol. The van der Waals surface area contributed by atoms with Crippen LogP contribution >= 0.6 is 0 Å². The molecular formula is C20H25NO3S. The zero-order chi connectivity index (χ0) is 18.1. The molecule has 1 aliphatic rings. The summed E-state index contributed by atoms with van der Waals surface area (Å²) in [5, 5.41) is 0. The molecule has 1 unspecified atom stereocenters. The van der Waals surface area contributed by atoms with Crippen LogP contribution in [0.1, 0.15) is 31.9 Å². The first-order chi connectivity index (χ1) is 11.8. The Bertz CT molecular complexity index is 822. The lowest BCUT2D eigenvalue weighted by molar-refractivity contribution is 0.412. The molecule has 0 amide bonds. The van der Waals surface area contributed by atoms with Gasteiger partial charge in [-0.25, -0.2) is 8.42 Å². The number of nitrogens with zero attached hydrogens (tertiary/aromatic N) is 1. The SMILES string of the molecule is CC(C)(C)c1ccccc1CS(=O)(=O)N(CC1CO1)c1ccccc1. The molecule has 5 heteroatoms. The summed E-state index contributed by atoms with van der Waals surface area (Å²) in [5.74, 6) is -0.0118. The largest absolute Gasteiger partial charge is 0.371 e. The minimum Gasteiger partial charge on any atom is -0.371 e. The van der Waals surface area contributed by atoms with Crippen LogP contribution in [0, 0.1) is 0 Å². The van der Waals surface area contributed by atoms with Gasteiger partial charge in [0.25, 0.3) is 0 Å². The Morgan fingerprint density at radius 1 is 1.04 bits per heavy atom. The molecule has 1 heterocycles. The summed E-state index contributed by atoms with van der Waals surface area (Å²) in [6.07, 6.45) is -0.00663. The number of anilines is 1. The molecule has 4 nitrogen and oxygen atoms in total. The summed E-state index contributed by atoms with van der Waals surface area (Å²) in [5.41, 5.74) is 2.50. The van der Waals surface area contributed by atoms with Gasteiger partial charge in [-0.2, -0.15) is 0 Å². The lowest BCUT2D eigenvalue weighted by Crippen LogP contribution is -2.35. The van der Waals surface area contributed by atoms with Crippen molar-refractivity contribution < 1.29 is 13.2 Å². The van der Waals surface area contributed by atoms with E-state index in [0.717, 1.165) is 11.1 Å². The third-order valence-electron chi connectivity index (χ3n) is 4.32. The molecule has 134 valence electrons. The van der Waals surface area contributed by atoms with Crippen LogP contribution in [0.25, 0.3) is 0 Å². The van der Waals surface area contributed by atoms with E-state index >= 15 is 0 Å². The molecule has 3 rings (SSSR count). The van der Waals surface area contributed by atoms with Crippen molar-refractivity contribution in [2.24, 2.45) is 0 Å². The van der Waals surface area contributed by atoms with Crippen molar-refractivity contribution in [3.63, 3.8) is 0 Å². The molecule has 0 radical (unpaired) electrons. The average molecular weight is 359 g/mol. The van der Waals surface area contributed by atoms with Crippen molar-refractivity contribution in [3.8, 4) is 0 Å². The van der Waals surface area contributed by atoms with Crippen LogP contribution in [0.5, 0.6) is 0 Å². The molecule has 0 saturated carbocycles. The quantitative estimate of drug-likeness (QED) is 0.739. The topological polar surface area (TPSA) is 49.9 Å². The van der Waals surface area contributed by atoms with Crippen LogP contribution < -0.4 is 4.31 Å². The van der Waals surface area contributed by atoms with Crippen molar-refractivity contribution in [3.05, 3.63) is 65.7 Å². The number of sulfonamides is 1. The number of benzene rings is 2. The molecular weight excluding hydrogens is 334 g/mol. The highest BCUT2D eigenvalue weighted by molar-refractivity contribution is 7.92. The molecule has 0 bridgehead atoms. The highest BCUT2D eigenvalue weighted by Gasteiger charge is 2.33. The molecule has 25 heavy (non-hydrogen) atoms. The lowest BCUT2D eigenvalue weighted by Gasteiger charge is -2.27. The number of rotatable bonds is 6. The summed E-state index contributed by atoms with van der Waals surface area (Å²) in [4.78, 5) is 0. The first kappa shape index (κ1) is 18.0. The third-order valence-corrected chi connectivity index (χ3v) is 6.02. The third kappa shape index (κ3) is 4.41. The van der Waals surface area contributed by atoms with Crippen molar-refractivity contribution in [2.75, 3.05) is 17.5 Å². The normalized spacial score (nSPS) is 17.3. The Labute approximate surface area is 150 Å². The average Bonchev–Trinajstić information content (AvgIpc) is 3.36. The first-order valence-electron chi connectivity index (χ1n) is 8.53. The molecule has 2 aromatic rings. The maximum Gasteiger partial charge on any atom is 0.239 e. The van der Waals surface area contributed by atoms with E-state index in [-0.39, 0.29) is 17.3 Å².